The number of halogens is 4. The Bertz CT molecular complexity index is 1300. The number of anilines is 1. The molecule has 0 saturated carbocycles. The van der Waals surface area contributed by atoms with E-state index in [-0.39, 0.29) is 18.8 Å². The number of rotatable bonds is 8. The van der Waals surface area contributed by atoms with Gasteiger partial charge in [-0.2, -0.15) is 13.2 Å². The molecule has 218 valence electrons. The zero-order valence-electron chi connectivity index (χ0n) is 22.8. The zero-order chi connectivity index (χ0) is 28.4. The molecular formula is C27H34F4N6O3. The van der Waals surface area contributed by atoms with Crippen molar-refractivity contribution in [2.45, 2.75) is 82.8 Å². The summed E-state index contributed by atoms with van der Waals surface area (Å²) in [6.45, 7) is 4.03. The molecule has 9 nitrogen and oxygen atoms in total. The van der Waals surface area contributed by atoms with Gasteiger partial charge in [-0.15, -0.1) is 0 Å². The van der Waals surface area contributed by atoms with Gasteiger partial charge >= 0.3 is 6.18 Å². The number of alkyl halides is 4. The largest absolute Gasteiger partial charge is 0.408 e. The van der Waals surface area contributed by atoms with Crippen LogP contribution >= 0.6 is 0 Å². The van der Waals surface area contributed by atoms with Crippen LogP contribution in [0.5, 0.6) is 0 Å². The van der Waals surface area contributed by atoms with Crippen LogP contribution in [0, 0.1) is 0 Å². The van der Waals surface area contributed by atoms with Crippen molar-refractivity contribution in [3.63, 3.8) is 0 Å². The van der Waals surface area contributed by atoms with Crippen LogP contribution in [0.1, 0.15) is 68.9 Å². The Balaban J connectivity index is 1.42. The van der Waals surface area contributed by atoms with Gasteiger partial charge in [-0.05, 0) is 51.7 Å². The molecule has 40 heavy (non-hydrogen) atoms. The smallest absolute Gasteiger partial charge is 0.378 e. The number of hydrogen-bond acceptors (Lipinski definition) is 8. The zero-order valence-corrected chi connectivity index (χ0v) is 22.8. The number of methoxy groups -OCH3 is 1. The Hall–Kier alpha value is -2.90. The molecule has 1 unspecified atom stereocenters. The van der Waals surface area contributed by atoms with Gasteiger partial charge in [-0.1, -0.05) is 0 Å². The third kappa shape index (κ3) is 6.21. The summed E-state index contributed by atoms with van der Waals surface area (Å²) in [5, 5.41) is 0. The lowest BCUT2D eigenvalue weighted by Gasteiger charge is -2.33. The maximum atomic E-state index is 14.4. The van der Waals surface area contributed by atoms with Crippen molar-refractivity contribution in [3.8, 4) is 0 Å². The average Bonchev–Trinajstić information content (AvgIpc) is 3.31. The highest BCUT2D eigenvalue weighted by molar-refractivity contribution is 5.76. The molecule has 2 aliphatic heterocycles. The van der Waals surface area contributed by atoms with Crippen LogP contribution in [0.15, 0.2) is 24.5 Å². The van der Waals surface area contributed by atoms with Gasteiger partial charge in [0.25, 0.3) is 0 Å². The van der Waals surface area contributed by atoms with Crippen LogP contribution in [-0.2, 0) is 20.6 Å². The highest BCUT2D eigenvalue weighted by Gasteiger charge is 2.40. The van der Waals surface area contributed by atoms with Gasteiger partial charge in [0.05, 0.1) is 30.1 Å². The minimum absolute atomic E-state index is 0.121. The van der Waals surface area contributed by atoms with Crippen molar-refractivity contribution >= 4 is 17.0 Å². The third-order valence-corrected chi connectivity index (χ3v) is 7.51. The van der Waals surface area contributed by atoms with Gasteiger partial charge in [0.1, 0.15) is 29.7 Å². The quantitative estimate of drug-likeness (QED) is 0.348. The number of pyridine rings is 1. The van der Waals surface area contributed by atoms with Gasteiger partial charge in [0.15, 0.2) is 6.29 Å². The number of piperidine rings is 1. The van der Waals surface area contributed by atoms with Gasteiger partial charge < -0.3 is 23.7 Å². The number of nitrogens with zero attached hydrogens (tertiary/aromatic N) is 6. The number of hydrogen-bond donors (Lipinski definition) is 0. The molecule has 2 saturated heterocycles. The SMILES string of the molecule is CO[C@@H]1CCN(c2nccc(Cc3cc4c(cn3)nc([C@@H](C)OC3CCCCO3)n4[C@@H](C)C(F)(F)F)n2)C[C@@H]1F. The summed E-state index contributed by atoms with van der Waals surface area (Å²) in [4.78, 5) is 19.6. The Morgan fingerprint density at radius 3 is 2.65 bits per heavy atom. The van der Waals surface area contributed by atoms with Crippen molar-refractivity contribution in [1.29, 1.82) is 0 Å². The van der Waals surface area contributed by atoms with Gasteiger partial charge in [-0.25, -0.2) is 19.3 Å². The van der Waals surface area contributed by atoms with Crippen molar-refractivity contribution < 1.29 is 31.8 Å². The van der Waals surface area contributed by atoms with Crippen LogP contribution in [0.3, 0.4) is 0 Å². The second-order valence-electron chi connectivity index (χ2n) is 10.3. The molecule has 2 aliphatic rings. The summed E-state index contributed by atoms with van der Waals surface area (Å²) in [7, 11) is 1.50. The highest BCUT2D eigenvalue weighted by Crippen LogP contribution is 2.37. The maximum Gasteiger partial charge on any atom is 0.408 e. The first kappa shape index (κ1) is 28.6. The van der Waals surface area contributed by atoms with E-state index in [9.17, 15) is 17.6 Å². The average molecular weight is 567 g/mol. The first-order valence-corrected chi connectivity index (χ1v) is 13.6. The van der Waals surface area contributed by atoms with Crippen LogP contribution in [0.4, 0.5) is 23.5 Å². The summed E-state index contributed by atoms with van der Waals surface area (Å²) in [5.41, 5.74) is 1.78. The topological polar surface area (TPSA) is 87.4 Å². The molecule has 0 aliphatic carbocycles. The van der Waals surface area contributed by atoms with Gasteiger partial charge in [0, 0.05) is 38.6 Å². The van der Waals surface area contributed by atoms with Crippen molar-refractivity contribution in [3.05, 3.63) is 41.7 Å². The van der Waals surface area contributed by atoms with Crippen LogP contribution in [-0.4, -0.2) is 76.1 Å². The van der Waals surface area contributed by atoms with Gasteiger partial charge in [-0.3, -0.25) is 4.98 Å². The van der Waals surface area contributed by atoms with Crippen LogP contribution in [0.2, 0.25) is 0 Å². The van der Waals surface area contributed by atoms with E-state index in [0.29, 0.717) is 54.4 Å². The molecule has 5 atom stereocenters. The number of aromatic nitrogens is 5. The van der Waals surface area contributed by atoms with E-state index in [0.717, 1.165) is 19.8 Å². The molecule has 3 aromatic rings. The third-order valence-electron chi connectivity index (χ3n) is 7.51. The first-order valence-electron chi connectivity index (χ1n) is 13.6. The van der Waals surface area contributed by atoms with E-state index in [1.165, 1.54) is 17.9 Å². The minimum atomic E-state index is -4.50. The summed E-state index contributed by atoms with van der Waals surface area (Å²) in [5.74, 6) is 0.558. The normalized spacial score (nSPS) is 23.9. The fourth-order valence-corrected chi connectivity index (χ4v) is 5.25. The second-order valence-corrected chi connectivity index (χ2v) is 10.3. The lowest BCUT2D eigenvalue weighted by atomic mass is 10.1. The molecule has 2 fully saturated rings. The number of imidazole rings is 1. The summed E-state index contributed by atoms with van der Waals surface area (Å²) >= 11 is 0. The monoisotopic (exact) mass is 566 g/mol. The van der Waals surface area contributed by atoms with Crippen molar-refractivity contribution in [1.82, 2.24) is 24.5 Å². The molecule has 0 amide bonds. The summed E-state index contributed by atoms with van der Waals surface area (Å²) in [6.07, 6.45) is -0.932. The lowest BCUT2D eigenvalue weighted by Crippen LogP contribution is -2.46. The second kappa shape index (κ2) is 11.9. The van der Waals surface area contributed by atoms with Crippen LogP contribution in [0.25, 0.3) is 11.0 Å². The molecule has 0 bridgehead atoms. The first-order chi connectivity index (χ1) is 19.1. The van der Waals surface area contributed by atoms with E-state index in [1.54, 1.807) is 30.2 Å². The molecule has 0 spiro atoms. The Labute approximate surface area is 229 Å². The van der Waals surface area contributed by atoms with Crippen LogP contribution < -0.4 is 4.90 Å². The predicted octanol–water partition coefficient (Wildman–Crippen LogP) is 5.10. The van der Waals surface area contributed by atoms with E-state index in [1.807, 2.05) is 0 Å². The fourth-order valence-electron chi connectivity index (χ4n) is 5.25. The maximum absolute atomic E-state index is 14.4. The predicted molar refractivity (Wildman–Crippen MR) is 139 cm³/mol. The highest BCUT2D eigenvalue weighted by atomic mass is 19.4. The van der Waals surface area contributed by atoms with Gasteiger partial charge in [0.2, 0.25) is 5.95 Å². The van der Waals surface area contributed by atoms with E-state index < -0.39 is 36.9 Å². The Morgan fingerprint density at radius 1 is 1.12 bits per heavy atom. The molecule has 13 heteroatoms. The Kier molecular flexibility index (Phi) is 8.52. The molecule has 0 N–H and O–H groups in total. The molecule has 5 heterocycles. The summed E-state index contributed by atoms with van der Waals surface area (Å²) in [6, 6.07) is 1.49. The van der Waals surface area contributed by atoms with E-state index >= 15 is 0 Å². The number of fused-ring (bicyclic) bond motifs is 1. The standard InChI is InChI=1S/C27H34F4N6O3/c1-16(40-24-6-4-5-11-39-24)25-35-21-14-33-19(13-22(21)37(25)17(2)27(29,30)31)12-18-7-9-32-26(34-18)36-10-8-23(38-3)20(28)15-36/h7,9,13-14,16-17,20,23-24H,4-6,8,10-12,15H2,1-3H3/t16-,17+,20+,23-,24?/m1/s1. The molecule has 5 rings (SSSR count). The van der Waals surface area contributed by atoms with Crippen molar-refractivity contribution in [2.24, 2.45) is 0 Å². The Morgan fingerprint density at radius 2 is 1.95 bits per heavy atom. The van der Waals surface area contributed by atoms with Crippen molar-refractivity contribution in [2.75, 3.05) is 31.7 Å². The molecule has 0 aromatic carbocycles. The lowest BCUT2D eigenvalue weighted by molar-refractivity contribution is -0.190. The molecule has 0 radical (unpaired) electrons. The summed E-state index contributed by atoms with van der Waals surface area (Å²) < 4.78 is 74.4. The number of ether oxygens (including phenoxy) is 3. The van der Waals surface area contributed by atoms with E-state index in [2.05, 4.69) is 19.9 Å². The minimum Gasteiger partial charge on any atom is -0.378 e. The van der Waals surface area contributed by atoms with E-state index in [4.69, 9.17) is 14.2 Å². The molecular weight excluding hydrogens is 532 g/mol. The fraction of sp³-hybridized carbons (Fsp3) is 0.630. The molecule has 3 aromatic heterocycles.